The number of hydrogen-bond donors (Lipinski definition) is 1. The maximum atomic E-state index is 12.7. The smallest absolute Gasteiger partial charge is 0.339 e. The van der Waals surface area contributed by atoms with Gasteiger partial charge in [-0.3, -0.25) is 9.59 Å². The Hall–Kier alpha value is -2.92. The molecule has 1 amide bonds. The van der Waals surface area contributed by atoms with Crippen molar-refractivity contribution in [3.8, 4) is 6.07 Å². The van der Waals surface area contributed by atoms with Crippen molar-refractivity contribution in [3.63, 3.8) is 0 Å². The number of ether oxygens (including phenoxy) is 1. The fourth-order valence-electron chi connectivity index (χ4n) is 3.91. The van der Waals surface area contributed by atoms with Crippen molar-refractivity contribution in [2.24, 2.45) is 11.1 Å². The second-order valence-electron chi connectivity index (χ2n) is 6.25. The number of fused-ring (bicyclic) bond motifs is 1. The number of nitrogens with zero attached hydrogens (tertiary/aromatic N) is 2. The molecule has 2 N–H and O–H groups in total. The predicted octanol–water partition coefficient (Wildman–Crippen LogP) is 1.10. The van der Waals surface area contributed by atoms with E-state index in [1.807, 2.05) is 10.8 Å². The highest BCUT2D eigenvalue weighted by atomic mass is 32.1. The zero-order valence-electron chi connectivity index (χ0n) is 14.2. The number of Topliss-reactive ketones (excluding diaryl/α,β-unsaturated/α-hetero) is 1. The molecule has 0 bridgehead atoms. The Labute approximate surface area is 154 Å². The molecule has 0 saturated carbocycles. The lowest BCUT2D eigenvalue weighted by atomic mass is 9.67. The van der Waals surface area contributed by atoms with Gasteiger partial charge >= 0.3 is 5.97 Å². The number of carbonyl (C=O) groups is 3. The number of rotatable bonds is 4. The molecule has 1 saturated heterocycles. The maximum absolute atomic E-state index is 12.7. The van der Waals surface area contributed by atoms with Crippen LogP contribution in [0, 0.1) is 16.7 Å². The normalized spacial score (nSPS) is 29.5. The van der Waals surface area contributed by atoms with Crippen LogP contribution in [0.1, 0.15) is 18.4 Å². The van der Waals surface area contributed by atoms with E-state index in [1.165, 1.54) is 37.6 Å². The van der Waals surface area contributed by atoms with Crippen LogP contribution in [-0.2, 0) is 19.1 Å². The average molecular weight is 371 g/mol. The summed E-state index contributed by atoms with van der Waals surface area (Å²) in [6.07, 6.45) is 4.56. The SMILES string of the molecule is COC(=O)C1=CN2C(C(N)=O)C(c3ccsc3)C(C#N)(C(C)=O)C2C=C1. The number of nitriles is 1. The van der Waals surface area contributed by atoms with E-state index in [0.29, 0.717) is 5.56 Å². The van der Waals surface area contributed by atoms with Crippen molar-refractivity contribution >= 4 is 29.0 Å². The van der Waals surface area contributed by atoms with Gasteiger partial charge in [0.2, 0.25) is 5.91 Å². The van der Waals surface area contributed by atoms with Gasteiger partial charge in [-0.05, 0) is 35.4 Å². The van der Waals surface area contributed by atoms with Crippen LogP contribution >= 0.6 is 11.3 Å². The van der Waals surface area contributed by atoms with E-state index in [2.05, 4.69) is 6.07 Å². The second kappa shape index (κ2) is 6.42. The first-order valence-corrected chi connectivity index (χ1v) is 8.82. The van der Waals surface area contributed by atoms with Crippen LogP contribution in [-0.4, -0.2) is 41.8 Å². The van der Waals surface area contributed by atoms with Crippen molar-refractivity contribution in [2.45, 2.75) is 24.9 Å². The molecule has 0 aromatic carbocycles. The predicted molar refractivity (Wildman–Crippen MR) is 93.6 cm³/mol. The van der Waals surface area contributed by atoms with Crippen LogP contribution in [0.5, 0.6) is 0 Å². The van der Waals surface area contributed by atoms with Crippen molar-refractivity contribution < 1.29 is 19.1 Å². The summed E-state index contributed by atoms with van der Waals surface area (Å²) >= 11 is 1.41. The summed E-state index contributed by atoms with van der Waals surface area (Å²) in [5.74, 6) is -2.33. The summed E-state index contributed by atoms with van der Waals surface area (Å²) in [6.45, 7) is 1.34. The number of hydrogen-bond acceptors (Lipinski definition) is 7. The van der Waals surface area contributed by atoms with Gasteiger partial charge in [-0.2, -0.15) is 16.6 Å². The molecule has 4 atom stereocenters. The summed E-state index contributed by atoms with van der Waals surface area (Å²) < 4.78 is 4.73. The molecule has 0 spiro atoms. The molecule has 4 unspecified atom stereocenters. The molecule has 134 valence electrons. The van der Waals surface area contributed by atoms with E-state index in [9.17, 15) is 19.6 Å². The maximum Gasteiger partial charge on any atom is 0.339 e. The molecule has 26 heavy (non-hydrogen) atoms. The largest absolute Gasteiger partial charge is 0.465 e. The molecule has 0 radical (unpaired) electrons. The van der Waals surface area contributed by atoms with Gasteiger partial charge in [0.15, 0.2) is 5.78 Å². The zero-order chi connectivity index (χ0) is 19.1. The molecule has 3 rings (SSSR count). The van der Waals surface area contributed by atoms with Crippen LogP contribution in [0.25, 0.3) is 0 Å². The van der Waals surface area contributed by atoms with Crippen LogP contribution in [0.3, 0.4) is 0 Å². The molecule has 2 aliphatic heterocycles. The minimum atomic E-state index is -1.49. The summed E-state index contributed by atoms with van der Waals surface area (Å²) in [5, 5.41) is 13.6. The Morgan fingerprint density at radius 1 is 1.42 bits per heavy atom. The molecule has 1 aromatic heterocycles. The lowest BCUT2D eigenvalue weighted by Gasteiger charge is -2.32. The van der Waals surface area contributed by atoms with Crippen molar-refractivity contribution in [3.05, 3.63) is 46.3 Å². The lowest BCUT2D eigenvalue weighted by molar-refractivity contribution is -0.136. The number of primary amides is 1. The third-order valence-corrected chi connectivity index (χ3v) is 5.75. The first-order valence-electron chi connectivity index (χ1n) is 7.88. The highest BCUT2D eigenvalue weighted by Gasteiger charge is 2.64. The Morgan fingerprint density at radius 3 is 2.65 bits per heavy atom. The first kappa shape index (κ1) is 17.9. The monoisotopic (exact) mass is 371 g/mol. The third kappa shape index (κ3) is 2.35. The van der Waals surface area contributed by atoms with Gasteiger partial charge in [0.05, 0.1) is 24.8 Å². The van der Waals surface area contributed by atoms with Crippen molar-refractivity contribution in [2.75, 3.05) is 7.11 Å². The van der Waals surface area contributed by atoms with Crippen LogP contribution in [0.15, 0.2) is 40.8 Å². The van der Waals surface area contributed by atoms with Gasteiger partial charge in [0.25, 0.3) is 0 Å². The van der Waals surface area contributed by atoms with Gasteiger partial charge in [-0.1, -0.05) is 6.08 Å². The number of thiophene rings is 1. The van der Waals surface area contributed by atoms with Crippen LogP contribution in [0.4, 0.5) is 0 Å². The standard InChI is InChI=1S/C18H17N3O4S/c1-10(22)18(9-19)13-4-3-11(17(24)25-2)7-21(13)15(16(20)23)14(18)12-5-6-26-8-12/h3-8,13-15H,1-2H3,(H2,20,23). The topological polar surface area (TPSA) is 113 Å². The van der Waals surface area contributed by atoms with E-state index in [0.717, 1.165) is 0 Å². The average Bonchev–Trinajstić information content (AvgIpc) is 3.24. The fourth-order valence-corrected chi connectivity index (χ4v) is 4.61. The molecular weight excluding hydrogens is 354 g/mol. The molecule has 3 heterocycles. The molecule has 1 fully saturated rings. The Morgan fingerprint density at radius 2 is 2.15 bits per heavy atom. The summed E-state index contributed by atoms with van der Waals surface area (Å²) in [6, 6.07) is 2.30. The van der Waals surface area contributed by atoms with Gasteiger partial charge in [0.1, 0.15) is 11.5 Å². The molecule has 0 aliphatic carbocycles. The van der Waals surface area contributed by atoms with E-state index < -0.39 is 35.3 Å². The molecule has 8 heteroatoms. The fraction of sp³-hybridized carbons (Fsp3) is 0.333. The Balaban J connectivity index is 2.24. The molecule has 2 aliphatic rings. The molecule has 7 nitrogen and oxygen atoms in total. The van der Waals surface area contributed by atoms with Crippen molar-refractivity contribution in [1.29, 1.82) is 5.26 Å². The minimum absolute atomic E-state index is 0.219. The number of methoxy groups -OCH3 is 1. The Bertz CT molecular complexity index is 867. The van der Waals surface area contributed by atoms with Crippen LogP contribution in [0.2, 0.25) is 0 Å². The second-order valence-corrected chi connectivity index (χ2v) is 7.03. The first-order chi connectivity index (χ1) is 12.4. The van der Waals surface area contributed by atoms with Crippen molar-refractivity contribution in [1.82, 2.24) is 4.90 Å². The quantitative estimate of drug-likeness (QED) is 0.793. The highest BCUT2D eigenvalue weighted by molar-refractivity contribution is 7.08. The lowest BCUT2D eigenvalue weighted by Crippen LogP contribution is -2.44. The molecular formula is C18H17N3O4S. The summed E-state index contributed by atoms with van der Waals surface area (Å²) in [5.41, 5.74) is 5.09. The zero-order valence-corrected chi connectivity index (χ0v) is 15.0. The van der Waals surface area contributed by atoms with Gasteiger partial charge in [0, 0.05) is 12.1 Å². The van der Waals surface area contributed by atoms with E-state index in [1.54, 1.807) is 17.0 Å². The van der Waals surface area contributed by atoms with Gasteiger partial charge < -0.3 is 15.4 Å². The van der Waals surface area contributed by atoms with E-state index >= 15 is 0 Å². The number of nitrogens with two attached hydrogens (primary N) is 1. The Kier molecular flexibility index (Phi) is 4.42. The third-order valence-electron chi connectivity index (χ3n) is 5.04. The highest BCUT2D eigenvalue weighted by Crippen LogP contribution is 2.53. The number of amides is 1. The van der Waals surface area contributed by atoms with Crippen LogP contribution < -0.4 is 5.73 Å². The van der Waals surface area contributed by atoms with E-state index in [-0.39, 0.29) is 11.4 Å². The number of carbonyl (C=O) groups excluding carboxylic acids is 3. The number of ketones is 1. The summed E-state index contributed by atoms with van der Waals surface area (Å²) in [4.78, 5) is 38.4. The van der Waals surface area contributed by atoms with Gasteiger partial charge in [-0.25, -0.2) is 4.79 Å². The van der Waals surface area contributed by atoms with E-state index in [4.69, 9.17) is 10.5 Å². The minimum Gasteiger partial charge on any atom is -0.465 e. The summed E-state index contributed by atoms with van der Waals surface area (Å²) in [7, 11) is 1.25. The number of esters is 1. The molecule has 1 aromatic rings. The van der Waals surface area contributed by atoms with Gasteiger partial charge in [-0.15, -0.1) is 0 Å².